The first-order chi connectivity index (χ1) is 11.6. The number of rotatable bonds is 3. The first kappa shape index (κ1) is 16.2. The first-order valence-electron chi connectivity index (χ1n) is 7.10. The Morgan fingerprint density at radius 2 is 1.71 bits per heavy atom. The molecule has 1 aromatic heterocycles. The molecule has 1 heterocycles. The van der Waals surface area contributed by atoms with Gasteiger partial charge in [-0.2, -0.15) is 0 Å². The van der Waals surface area contributed by atoms with Crippen molar-refractivity contribution in [2.75, 3.05) is 5.32 Å². The molecule has 0 atom stereocenters. The minimum Gasteiger partial charge on any atom is -0.311 e. The van der Waals surface area contributed by atoms with Gasteiger partial charge in [-0.05, 0) is 24.3 Å². The zero-order valence-corrected chi connectivity index (χ0v) is 14.1. The van der Waals surface area contributed by atoms with Gasteiger partial charge < -0.3 is 10.6 Å². The number of nitrogens with one attached hydrogen (secondary N) is 4. The third kappa shape index (κ3) is 3.98. The highest BCUT2D eigenvalue weighted by Crippen LogP contribution is 2.24. The number of guanidine groups is 1. The maximum Gasteiger partial charge on any atom is 0.200 e. The zero-order valence-electron chi connectivity index (χ0n) is 12.5. The molecule has 0 aliphatic rings. The van der Waals surface area contributed by atoms with Crippen LogP contribution >= 0.6 is 22.9 Å². The van der Waals surface area contributed by atoms with Crippen LogP contribution in [0, 0.1) is 10.8 Å². The van der Waals surface area contributed by atoms with Crippen LogP contribution in [-0.4, -0.2) is 16.8 Å². The van der Waals surface area contributed by atoms with E-state index in [4.69, 9.17) is 22.4 Å². The Kier molecular flexibility index (Phi) is 4.88. The number of hydrogen-bond acceptors (Lipinski definition) is 4. The molecule has 2 aromatic carbocycles. The number of hydrogen-bond donors (Lipinski definition) is 4. The number of amidine groups is 1. The predicted octanol–water partition coefficient (Wildman–Crippen LogP) is 4.43. The van der Waals surface area contributed by atoms with Gasteiger partial charge in [-0.15, -0.1) is 11.3 Å². The van der Waals surface area contributed by atoms with Crippen LogP contribution in [0.1, 0.15) is 5.56 Å². The van der Waals surface area contributed by atoms with Crippen LogP contribution in [0.2, 0.25) is 5.02 Å². The largest absolute Gasteiger partial charge is 0.311 e. The molecule has 0 aliphatic heterocycles. The van der Waals surface area contributed by atoms with Gasteiger partial charge >= 0.3 is 0 Å². The second-order valence-corrected chi connectivity index (χ2v) is 6.21. The predicted molar refractivity (Wildman–Crippen MR) is 100 cm³/mol. The lowest BCUT2D eigenvalue weighted by Gasteiger charge is -2.09. The number of nitrogens with zero attached hydrogens (tertiary/aromatic N) is 1. The topological polar surface area (TPSA) is 84.7 Å². The molecular weight excluding hydrogens is 342 g/mol. The lowest BCUT2D eigenvalue weighted by atomic mass is 10.2. The highest BCUT2D eigenvalue weighted by atomic mass is 35.5. The number of halogens is 1. The number of aromatic nitrogens is 1. The summed E-state index contributed by atoms with van der Waals surface area (Å²) in [5.74, 6) is 0.105. The fraction of sp³-hybridized carbons (Fsp3) is 0. The van der Waals surface area contributed by atoms with Crippen molar-refractivity contribution in [3.05, 3.63) is 70.6 Å². The van der Waals surface area contributed by atoms with E-state index in [1.165, 1.54) is 11.3 Å². The zero-order chi connectivity index (χ0) is 16.9. The third-order valence-electron chi connectivity index (χ3n) is 3.19. The third-order valence-corrected chi connectivity index (χ3v) is 4.20. The molecule has 0 aliphatic carbocycles. The van der Waals surface area contributed by atoms with E-state index in [2.05, 4.69) is 15.6 Å². The molecule has 0 fully saturated rings. The molecule has 0 radical (unpaired) electrons. The van der Waals surface area contributed by atoms with Crippen molar-refractivity contribution in [2.24, 2.45) is 0 Å². The average Bonchev–Trinajstić information content (AvgIpc) is 3.04. The summed E-state index contributed by atoms with van der Waals surface area (Å²) in [6, 6.07) is 16.7. The lowest BCUT2D eigenvalue weighted by molar-refractivity contribution is 1.22. The smallest absolute Gasteiger partial charge is 0.200 e. The molecule has 24 heavy (non-hydrogen) atoms. The SMILES string of the molecule is N=C(NC(=N)c1ccc(Cl)cc1)Nc1nc(-c2ccccc2)cs1. The quantitative estimate of drug-likeness (QED) is 0.414. The number of anilines is 1. The molecule has 120 valence electrons. The van der Waals surface area contributed by atoms with Crippen LogP contribution < -0.4 is 10.6 Å². The van der Waals surface area contributed by atoms with Crippen LogP contribution in [0.3, 0.4) is 0 Å². The molecule has 5 nitrogen and oxygen atoms in total. The van der Waals surface area contributed by atoms with Crippen molar-refractivity contribution < 1.29 is 0 Å². The van der Waals surface area contributed by atoms with Crippen molar-refractivity contribution in [3.63, 3.8) is 0 Å². The number of benzene rings is 2. The molecule has 0 bridgehead atoms. The van der Waals surface area contributed by atoms with Crippen LogP contribution in [0.25, 0.3) is 11.3 Å². The molecule has 7 heteroatoms. The molecule has 0 saturated carbocycles. The van der Waals surface area contributed by atoms with Crippen molar-refractivity contribution in [1.29, 1.82) is 10.8 Å². The Hall–Kier alpha value is -2.70. The number of thiazole rings is 1. The molecule has 4 N–H and O–H groups in total. The molecule has 0 unspecified atom stereocenters. The van der Waals surface area contributed by atoms with E-state index in [1.54, 1.807) is 24.3 Å². The minimum atomic E-state index is -0.0103. The van der Waals surface area contributed by atoms with Crippen LogP contribution in [-0.2, 0) is 0 Å². The molecular formula is C17H14ClN5S. The summed E-state index contributed by atoms with van der Waals surface area (Å²) in [6.45, 7) is 0. The van der Waals surface area contributed by atoms with Gasteiger partial charge in [-0.3, -0.25) is 10.8 Å². The summed E-state index contributed by atoms with van der Waals surface area (Å²) in [7, 11) is 0. The van der Waals surface area contributed by atoms with E-state index in [0.29, 0.717) is 15.7 Å². The molecule has 0 amide bonds. The highest BCUT2D eigenvalue weighted by molar-refractivity contribution is 7.14. The van der Waals surface area contributed by atoms with E-state index >= 15 is 0 Å². The Labute approximate surface area is 148 Å². The monoisotopic (exact) mass is 355 g/mol. The van der Waals surface area contributed by atoms with Gasteiger partial charge in [0, 0.05) is 21.5 Å². The van der Waals surface area contributed by atoms with Gasteiger partial charge in [0.25, 0.3) is 0 Å². The molecule has 0 saturated heterocycles. The Bertz CT molecular complexity index is 858. The standard InChI is InChI=1S/C17H14ClN5S/c18-13-8-6-12(7-9-13)15(19)22-16(20)23-17-21-14(10-24-17)11-4-2-1-3-5-11/h1-10H,(H4,19,20,21,22,23). The average molecular weight is 356 g/mol. The van der Waals surface area contributed by atoms with Crippen LogP contribution in [0.4, 0.5) is 5.13 Å². The highest BCUT2D eigenvalue weighted by Gasteiger charge is 2.08. The fourth-order valence-electron chi connectivity index (χ4n) is 2.02. The van der Waals surface area contributed by atoms with Crippen LogP contribution in [0.5, 0.6) is 0 Å². The van der Waals surface area contributed by atoms with Gasteiger partial charge in [-0.25, -0.2) is 4.98 Å². The van der Waals surface area contributed by atoms with Crippen LogP contribution in [0.15, 0.2) is 60.0 Å². The summed E-state index contributed by atoms with van der Waals surface area (Å²) in [6.07, 6.45) is 0. The minimum absolute atomic E-state index is 0.0103. The molecule has 3 aromatic rings. The Morgan fingerprint density at radius 3 is 2.42 bits per heavy atom. The van der Waals surface area contributed by atoms with E-state index in [1.807, 2.05) is 35.7 Å². The fourth-order valence-corrected chi connectivity index (χ4v) is 2.87. The lowest BCUT2D eigenvalue weighted by Crippen LogP contribution is -2.35. The summed E-state index contributed by atoms with van der Waals surface area (Å²) in [4.78, 5) is 4.45. The van der Waals surface area contributed by atoms with Gasteiger partial charge in [0.2, 0.25) is 0 Å². The van der Waals surface area contributed by atoms with Gasteiger partial charge in [0.05, 0.1) is 5.69 Å². The van der Waals surface area contributed by atoms with E-state index in [9.17, 15) is 0 Å². The van der Waals surface area contributed by atoms with Crippen molar-refractivity contribution >= 4 is 39.9 Å². The normalized spacial score (nSPS) is 10.2. The van der Waals surface area contributed by atoms with Crippen molar-refractivity contribution in [2.45, 2.75) is 0 Å². The van der Waals surface area contributed by atoms with E-state index in [0.717, 1.165) is 11.3 Å². The Balaban J connectivity index is 1.62. The van der Waals surface area contributed by atoms with Gasteiger partial charge in [-0.1, -0.05) is 41.9 Å². The molecule has 0 spiro atoms. The Morgan fingerprint density at radius 1 is 1.00 bits per heavy atom. The van der Waals surface area contributed by atoms with Gasteiger partial charge in [0.1, 0.15) is 5.84 Å². The van der Waals surface area contributed by atoms with E-state index in [-0.39, 0.29) is 11.8 Å². The maximum atomic E-state index is 7.98. The van der Waals surface area contributed by atoms with Crippen molar-refractivity contribution in [1.82, 2.24) is 10.3 Å². The molecule has 3 rings (SSSR count). The van der Waals surface area contributed by atoms with Crippen molar-refractivity contribution in [3.8, 4) is 11.3 Å². The first-order valence-corrected chi connectivity index (χ1v) is 8.35. The summed E-state index contributed by atoms with van der Waals surface area (Å²) >= 11 is 7.24. The maximum absolute atomic E-state index is 7.98. The van der Waals surface area contributed by atoms with E-state index < -0.39 is 0 Å². The summed E-state index contributed by atoms with van der Waals surface area (Å²) < 4.78 is 0. The summed E-state index contributed by atoms with van der Waals surface area (Å²) in [5, 5.41) is 24.6. The summed E-state index contributed by atoms with van der Waals surface area (Å²) in [5.41, 5.74) is 2.52. The van der Waals surface area contributed by atoms with Gasteiger partial charge in [0.15, 0.2) is 11.1 Å². The second kappa shape index (κ2) is 7.25. The second-order valence-electron chi connectivity index (χ2n) is 4.91.